The van der Waals surface area contributed by atoms with Crippen molar-refractivity contribution in [2.75, 3.05) is 18.1 Å². The predicted octanol–water partition coefficient (Wildman–Crippen LogP) is 1.32. The van der Waals surface area contributed by atoms with Gasteiger partial charge in [0.1, 0.15) is 18.4 Å². The number of amides is 1. The maximum Gasteiger partial charge on any atom is 0.415 e. The Morgan fingerprint density at radius 2 is 2.04 bits per heavy atom. The number of benzene rings is 1. The Labute approximate surface area is 138 Å². The summed E-state index contributed by atoms with van der Waals surface area (Å²) in [5.41, 5.74) is 3.02. The van der Waals surface area contributed by atoms with Gasteiger partial charge in [0.25, 0.3) is 0 Å². The van der Waals surface area contributed by atoms with E-state index in [2.05, 4.69) is 4.98 Å². The minimum atomic E-state index is -0.569. The smallest absolute Gasteiger partial charge is 0.415 e. The number of anilines is 1. The van der Waals surface area contributed by atoms with E-state index in [0.717, 1.165) is 11.1 Å². The number of cyclic esters (lactones) is 1. The minimum Gasteiger partial charge on any atom is -0.489 e. The van der Waals surface area contributed by atoms with Gasteiger partial charge in [0.05, 0.1) is 24.6 Å². The Morgan fingerprint density at radius 3 is 2.75 bits per heavy atom. The molecular weight excluding hydrogens is 312 g/mol. The third-order valence-electron chi connectivity index (χ3n) is 4.34. The monoisotopic (exact) mass is 328 g/mol. The molecule has 2 aliphatic heterocycles. The number of hydrogen-bond donors (Lipinski definition) is 2. The Bertz CT molecular complexity index is 777. The normalized spacial score (nSPS) is 21.8. The van der Waals surface area contributed by atoms with Crippen LogP contribution in [0, 0.1) is 0 Å². The van der Waals surface area contributed by atoms with E-state index < -0.39 is 12.2 Å². The minimum absolute atomic E-state index is 0.0991. The molecule has 0 aliphatic carbocycles. The van der Waals surface area contributed by atoms with Gasteiger partial charge in [-0.2, -0.15) is 0 Å². The number of nitrogens with zero attached hydrogens (tertiary/aromatic N) is 2. The molecule has 124 valence electrons. The van der Waals surface area contributed by atoms with Crippen molar-refractivity contribution in [3.05, 3.63) is 42.2 Å². The first kappa shape index (κ1) is 14.9. The second kappa shape index (κ2) is 5.77. The molecule has 0 radical (unpaired) electrons. The summed E-state index contributed by atoms with van der Waals surface area (Å²) >= 11 is 0. The predicted molar refractivity (Wildman–Crippen MR) is 84.7 cm³/mol. The fourth-order valence-electron chi connectivity index (χ4n) is 3.06. The van der Waals surface area contributed by atoms with E-state index in [9.17, 15) is 9.90 Å². The van der Waals surface area contributed by atoms with E-state index in [1.807, 2.05) is 18.2 Å². The molecule has 2 atom stereocenters. The summed E-state index contributed by atoms with van der Waals surface area (Å²) in [7, 11) is 0. The molecule has 2 N–H and O–H groups in total. The van der Waals surface area contributed by atoms with Crippen LogP contribution >= 0.6 is 0 Å². The van der Waals surface area contributed by atoms with Crippen LogP contribution in [0.1, 0.15) is 5.69 Å². The molecule has 2 aromatic rings. The first-order valence-corrected chi connectivity index (χ1v) is 7.65. The molecule has 0 spiro atoms. The summed E-state index contributed by atoms with van der Waals surface area (Å²) in [6, 6.07) is 8.84. The third kappa shape index (κ3) is 2.29. The zero-order valence-electron chi connectivity index (χ0n) is 12.8. The molecule has 1 aromatic carbocycles. The van der Waals surface area contributed by atoms with Gasteiger partial charge in [0.2, 0.25) is 0 Å². The first-order valence-electron chi connectivity index (χ1n) is 7.65. The summed E-state index contributed by atoms with van der Waals surface area (Å²) in [5, 5.41) is 18.4. The largest absolute Gasteiger partial charge is 0.489 e. The van der Waals surface area contributed by atoms with Crippen molar-refractivity contribution < 1.29 is 24.5 Å². The molecule has 1 aromatic heterocycles. The van der Waals surface area contributed by atoms with E-state index in [-0.39, 0.29) is 25.9 Å². The molecule has 7 heteroatoms. The van der Waals surface area contributed by atoms with Crippen LogP contribution in [0.25, 0.3) is 11.1 Å². The number of pyridine rings is 1. The Balaban J connectivity index is 1.68. The van der Waals surface area contributed by atoms with Crippen LogP contribution in [0.5, 0.6) is 5.75 Å². The topological polar surface area (TPSA) is 92.1 Å². The summed E-state index contributed by atoms with van der Waals surface area (Å²) < 4.78 is 11.0. The third-order valence-corrected chi connectivity index (χ3v) is 4.34. The lowest BCUT2D eigenvalue weighted by atomic mass is 10.0. The standard InChI is InChI=1S/C17H16N2O5/c20-7-12-3-1-11(6-18-12)10-2-4-13-15(5-10)23-9-14-16(8-21)24-17(22)19(13)14/h1-6,14,16,20-21H,7-9H2. The second-order valence-corrected chi connectivity index (χ2v) is 5.73. The van der Waals surface area contributed by atoms with Crippen LogP contribution in [-0.4, -0.2) is 46.6 Å². The Morgan fingerprint density at radius 1 is 1.21 bits per heavy atom. The molecule has 2 unspecified atom stereocenters. The highest BCUT2D eigenvalue weighted by molar-refractivity contribution is 5.94. The average molecular weight is 328 g/mol. The lowest BCUT2D eigenvalue weighted by molar-refractivity contribution is 0.0734. The lowest BCUT2D eigenvalue weighted by Crippen LogP contribution is -2.45. The maximum atomic E-state index is 12.1. The Kier molecular flexibility index (Phi) is 3.59. The van der Waals surface area contributed by atoms with E-state index in [1.54, 1.807) is 18.3 Å². The zero-order chi connectivity index (χ0) is 16.7. The maximum absolute atomic E-state index is 12.1. The van der Waals surface area contributed by atoms with Crippen molar-refractivity contribution in [3.8, 4) is 16.9 Å². The quantitative estimate of drug-likeness (QED) is 0.883. The van der Waals surface area contributed by atoms with Gasteiger partial charge in [0.15, 0.2) is 6.10 Å². The highest BCUT2D eigenvalue weighted by atomic mass is 16.6. The van der Waals surface area contributed by atoms with Gasteiger partial charge < -0.3 is 19.7 Å². The van der Waals surface area contributed by atoms with Crippen LogP contribution in [-0.2, 0) is 11.3 Å². The SMILES string of the molecule is O=C1OC(CO)C2COc3cc(-c4ccc(CO)nc4)ccc3N12. The van der Waals surface area contributed by atoms with Crippen molar-refractivity contribution in [3.63, 3.8) is 0 Å². The van der Waals surface area contributed by atoms with Crippen molar-refractivity contribution in [1.29, 1.82) is 0 Å². The van der Waals surface area contributed by atoms with E-state index in [1.165, 1.54) is 4.90 Å². The summed E-state index contributed by atoms with van der Waals surface area (Å²) in [6.45, 7) is -0.0558. The number of ether oxygens (including phenoxy) is 2. The molecule has 1 fully saturated rings. The zero-order valence-corrected chi connectivity index (χ0v) is 12.8. The number of hydrogen-bond acceptors (Lipinski definition) is 6. The molecule has 0 saturated carbocycles. The van der Waals surface area contributed by atoms with Gasteiger partial charge in [-0.3, -0.25) is 9.88 Å². The average Bonchev–Trinajstić information content (AvgIpc) is 2.97. The number of aliphatic hydroxyl groups excluding tert-OH is 2. The van der Waals surface area contributed by atoms with Gasteiger partial charge in [-0.1, -0.05) is 12.1 Å². The van der Waals surface area contributed by atoms with Crippen LogP contribution in [0.4, 0.5) is 10.5 Å². The number of rotatable bonds is 3. The van der Waals surface area contributed by atoms with Crippen molar-refractivity contribution in [2.24, 2.45) is 0 Å². The van der Waals surface area contributed by atoms with E-state index in [0.29, 0.717) is 17.1 Å². The number of aliphatic hydroxyl groups is 2. The van der Waals surface area contributed by atoms with E-state index >= 15 is 0 Å². The summed E-state index contributed by atoms with van der Waals surface area (Å²) in [4.78, 5) is 17.8. The molecule has 2 aliphatic rings. The molecule has 24 heavy (non-hydrogen) atoms. The van der Waals surface area contributed by atoms with Crippen LogP contribution < -0.4 is 9.64 Å². The van der Waals surface area contributed by atoms with Crippen molar-refractivity contribution >= 4 is 11.8 Å². The first-order chi connectivity index (χ1) is 11.7. The fraction of sp³-hybridized carbons (Fsp3) is 0.294. The fourth-order valence-corrected chi connectivity index (χ4v) is 3.06. The summed E-state index contributed by atoms with van der Waals surface area (Å²) in [6.07, 6.45) is 0.649. The Hall–Kier alpha value is -2.64. The van der Waals surface area contributed by atoms with Crippen LogP contribution in [0.2, 0.25) is 0 Å². The highest BCUT2D eigenvalue weighted by Gasteiger charge is 2.46. The van der Waals surface area contributed by atoms with Gasteiger partial charge in [-0.15, -0.1) is 0 Å². The van der Waals surface area contributed by atoms with Crippen LogP contribution in [0.15, 0.2) is 36.5 Å². The van der Waals surface area contributed by atoms with Crippen LogP contribution in [0.3, 0.4) is 0 Å². The van der Waals surface area contributed by atoms with E-state index in [4.69, 9.17) is 14.6 Å². The van der Waals surface area contributed by atoms with Gasteiger partial charge >= 0.3 is 6.09 Å². The molecule has 0 bridgehead atoms. The number of fused-ring (bicyclic) bond motifs is 3. The molecule has 4 rings (SSSR count). The molecule has 1 amide bonds. The lowest BCUT2D eigenvalue weighted by Gasteiger charge is -2.31. The highest BCUT2D eigenvalue weighted by Crippen LogP contribution is 2.40. The number of carbonyl (C=O) groups excluding carboxylic acids is 1. The molecule has 1 saturated heterocycles. The van der Waals surface area contributed by atoms with Crippen molar-refractivity contribution in [2.45, 2.75) is 18.8 Å². The number of carbonyl (C=O) groups is 1. The number of aromatic nitrogens is 1. The van der Waals surface area contributed by atoms with Gasteiger partial charge in [-0.25, -0.2) is 4.79 Å². The second-order valence-electron chi connectivity index (χ2n) is 5.73. The van der Waals surface area contributed by atoms with Crippen molar-refractivity contribution in [1.82, 2.24) is 4.98 Å². The van der Waals surface area contributed by atoms with Gasteiger partial charge in [0, 0.05) is 11.8 Å². The summed E-state index contributed by atoms with van der Waals surface area (Å²) in [5.74, 6) is 0.588. The molecular formula is C17H16N2O5. The molecule has 3 heterocycles. The molecule has 7 nitrogen and oxygen atoms in total. The van der Waals surface area contributed by atoms with Gasteiger partial charge in [-0.05, 0) is 23.8 Å².